The molecule has 3 heteroatoms. The molecule has 0 aliphatic rings. The maximum absolute atomic E-state index is 4.42. The molecule has 0 fully saturated rings. The minimum atomic E-state index is 0.219. The van der Waals surface area contributed by atoms with Gasteiger partial charge in [-0.05, 0) is 19.8 Å². The fourth-order valence-electron chi connectivity index (χ4n) is 2.62. The third kappa shape index (κ3) is 4.96. The smallest absolute Gasteiger partial charge is 0.0885 e. The van der Waals surface area contributed by atoms with Crippen LogP contribution in [0.4, 0.5) is 0 Å². The van der Waals surface area contributed by atoms with Crippen molar-refractivity contribution in [2.24, 2.45) is 0 Å². The monoisotopic (exact) mass is 265 g/mol. The third-order valence-corrected chi connectivity index (χ3v) is 4.15. The van der Waals surface area contributed by atoms with Gasteiger partial charge in [-0.3, -0.25) is 4.68 Å². The standard InChI is InChI=1S/C16H31N3/c1-5-8-10-11-13-16(4,12-9-6-2)15-14-19(7-3)18-17-15/h14H,5-13H2,1-4H3. The zero-order valence-electron chi connectivity index (χ0n) is 13.3. The summed E-state index contributed by atoms with van der Waals surface area (Å²) < 4.78 is 1.95. The van der Waals surface area contributed by atoms with Crippen LogP contribution >= 0.6 is 0 Å². The Bertz CT molecular complexity index is 346. The first-order valence-corrected chi connectivity index (χ1v) is 8.07. The van der Waals surface area contributed by atoms with Gasteiger partial charge in [0.15, 0.2) is 0 Å². The molecule has 0 spiro atoms. The van der Waals surface area contributed by atoms with Gasteiger partial charge in [0.05, 0.1) is 5.69 Å². The van der Waals surface area contributed by atoms with E-state index in [1.165, 1.54) is 57.1 Å². The Morgan fingerprint density at radius 3 is 2.26 bits per heavy atom. The number of nitrogens with zero attached hydrogens (tertiary/aromatic N) is 3. The lowest BCUT2D eigenvalue weighted by Gasteiger charge is -2.27. The Labute approximate surface area is 118 Å². The van der Waals surface area contributed by atoms with E-state index < -0.39 is 0 Å². The highest BCUT2D eigenvalue weighted by molar-refractivity contribution is 5.10. The van der Waals surface area contributed by atoms with Crippen LogP contribution in [0.2, 0.25) is 0 Å². The minimum Gasteiger partial charge on any atom is -0.253 e. The molecule has 0 bridgehead atoms. The van der Waals surface area contributed by atoms with Crippen molar-refractivity contribution in [3.05, 3.63) is 11.9 Å². The van der Waals surface area contributed by atoms with Crippen molar-refractivity contribution >= 4 is 0 Å². The Morgan fingerprint density at radius 2 is 1.68 bits per heavy atom. The number of aromatic nitrogens is 3. The zero-order valence-corrected chi connectivity index (χ0v) is 13.3. The highest BCUT2D eigenvalue weighted by Gasteiger charge is 2.28. The number of rotatable bonds is 10. The maximum Gasteiger partial charge on any atom is 0.0885 e. The molecule has 0 N–H and O–H groups in total. The Morgan fingerprint density at radius 1 is 1.00 bits per heavy atom. The van der Waals surface area contributed by atoms with Crippen molar-refractivity contribution in [3.8, 4) is 0 Å². The maximum atomic E-state index is 4.42. The molecule has 0 saturated heterocycles. The molecule has 19 heavy (non-hydrogen) atoms. The van der Waals surface area contributed by atoms with Gasteiger partial charge in [-0.2, -0.15) is 0 Å². The van der Waals surface area contributed by atoms with Crippen molar-refractivity contribution in [2.75, 3.05) is 0 Å². The lowest BCUT2D eigenvalue weighted by molar-refractivity contribution is 0.359. The minimum absolute atomic E-state index is 0.219. The predicted octanol–water partition coefficient (Wildman–Crippen LogP) is 4.72. The van der Waals surface area contributed by atoms with Crippen molar-refractivity contribution in [2.45, 2.75) is 91.0 Å². The molecule has 0 amide bonds. The fraction of sp³-hybridized carbons (Fsp3) is 0.875. The summed E-state index contributed by atoms with van der Waals surface area (Å²) in [7, 11) is 0. The lowest BCUT2D eigenvalue weighted by Crippen LogP contribution is -2.22. The molecule has 1 unspecified atom stereocenters. The number of unbranched alkanes of at least 4 members (excludes halogenated alkanes) is 4. The molecule has 0 radical (unpaired) electrons. The van der Waals surface area contributed by atoms with E-state index in [0.29, 0.717) is 0 Å². The van der Waals surface area contributed by atoms with Gasteiger partial charge in [0.1, 0.15) is 0 Å². The Balaban J connectivity index is 2.67. The average molecular weight is 265 g/mol. The zero-order chi connectivity index (χ0) is 14.1. The summed E-state index contributed by atoms with van der Waals surface area (Å²) in [5, 5.41) is 8.64. The third-order valence-electron chi connectivity index (χ3n) is 4.15. The van der Waals surface area contributed by atoms with Crippen LogP contribution in [0.3, 0.4) is 0 Å². The Hall–Kier alpha value is -0.860. The van der Waals surface area contributed by atoms with Crippen LogP contribution in [0, 0.1) is 0 Å². The van der Waals surface area contributed by atoms with Gasteiger partial charge >= 0.3 is 0 Å². The average Bonchev–Trinajstić information content (AvgIpc) is 2.91. The number of hydrogen-bond donors (Lipinski definition) is 0. The van der Waals surface area contributed by atoms with Crippen LogP contribution in [0.25, 0.3) is 0 Å². The fourth-order valence-corrected chi connectivity index (χ4v) is 2.62. The van der Waals surface area contributed by atoms with Gasteiger partial charge in [-0.15, -0.1) is 5.10 Å². The van der Waals surface area contributed by atoms with Crippen molar-refractivity contribution in [1.82, 2.24) is 15.0 Å². The van der Waals surface area contributed by atoms with Crippen molar-refractivity contribution in [3.63, 3.8) is 0 Å². The van der Waals surface area contributed by atoms with E-state index in [0.717, 1.165) is 6.54 Å². The van der Waals surface area contributed by atoms with E-state index in [9.17, 15) is 0 Å². The van der Waals surface area contributed by atoms with Gasteiger partial charge < -0.3 is 0 Å². The second-order valence-corrected chi connectivity index (χ2v) is 5.93. The molecular weight excluding hydrogens is 234 g/mol. The van der Waals surface area contributed by atoms with Crippen LogP contribution in [0.15, 0.2) is 6.20 Å². The highest BCUT2D eigenvalue weighted by Crippen LogP contribution is 2.33. The molecule has 110 valence electrons. The molecule has 1 aromatic rings. The summed E-state index contributed by atoms with van der Waals surface area (Å²) in [6.07, 6.45) is 12.5. The van der Waals surface area contributed by atoms with E-state index in [-0.39, 0.29) is 5.41 Å². The molecule has 1 rings (SSSR count). The van der Waals surface area contributed by atoms with Crippen LogP contribution in [-0.4, -0.2) is 15.0 Å². The molecule has 3 nitrogen and oxygen atoms in total. The predicted molar refractivity (Wildman–Crippen MR) is 81.3 cm³/mol. The largest absolute Gasteiger partial charge is 0.253 e. The number of hydrogen-bond acceptors (Lipinski definition) is 2. The van der Waals surface area contributed by atoms with E-state index in [4.69, 9.17) is 0 Å². The molecule has 0 aliphatic heterocycles. The molecule has 1 atom stereocenters. The van der Waals surface area contributed by atoms with E-state index in [1.54, 1.807) is 0 Å². The topological polar surface area (TPSA) is 30.7 Å². The summed E-state index contributed by atoms with van der Waals surface area (Å²) in [4.78, 5) is 0. The molecule has 0 aliphatic carbocycles. The van der Waals surface area contributed by atoms with E-state index >= 15 is 0 Å². The van der Waals surface area contributed by atoms with Crippen molar-refractivity contribution < 1.29 is 0 Å². The first-order chi connectivity index (χ1) is 9.16. The van der Waals surface area contributed by atoms with Gasteiger partial charge in [0, 0.05) is 18.2 Å². The van der Waals surface area contributed by atoms with Gasteiger partial charge in [0.25, 0.3) is 0 Å². The van der Waals surface area contributed by atoms with Crippen LogP contribution in [0.1, 0.15) is 84.8 Å². The first-order valence-electron chi connectivity index (χ1n) is 8.07. The normalized spacial score (nSPS) is 14.5. The molecule has 0 aromatic carbocycles. The van der Waals surface area contributed by atoms with Gasteiger partial charge in [-0.25, -0.2) is 0 Å². The molecule has 1 aromatic heterocycles. The summed E-state index contributed by atoms with van der Waals surface area (Å²) in [6, 6.07) is 0. The summed E-state index contributed by atoms with van der Waals surface area (Å²) in [5.41, 5.74) is 1.41. The lowest BCUT2D eigenvalue weighted by atomic mass is 9.77. The highest BCUT2D eigenvalue weighted by atomic mass is 15.4. The first kappa shape index (κ1) is 16.2. The molecular formula is C16H31N3. The van der Waals surface area contributed by atoms with E-state index in [2.05, 4.69) is 44.2 Å². The van der Waals surface area contributed by atoms with Crippen LogP contribution in [0.5, 0.6) is 0 Å². The molecule has 0 saturated carbocycles. The summed E-state index contributed by atoms with van der Waals surface area (Å²) in [6.45, 7) is 9.93. The van der Waals surface area contributed by atoms with Gasteiger partial charge in [-0.1, -0.05) is 64.5 Å². The van der Waals surface area contributed by atoms with Crippen LogP contribution in [-0.2, 0) is 12.0 Å². The van der Waals surface area contributed by atoms with E-state index in [1.807, 2.05) is 4.68 Å². The van der Waals surface area contributed by atoms with Crippen LogP contribution < -0.4 is 0 Å². The second-order valence-electron chi connectivity index (χ2n) is 5.93. The summed E-state index contributed by atoms with van der Waals surface area (Å²) >= 11 is 0. The number of aryl methyl sites for hydroxylation is 1. The Kier molecular flexibility index (Phi) is 7.11. The SMILES string of the molecule is CCCCCCC(C)(CCCC)c1cn(CC)nn1. The second kappa shape index (κ2) is 8.34. The van der Waals surface area contributed by atoms with Crippen molar-refractivity contribution in [1.29, 1.82) is 0 Å². The summed E-state index contributed by atoms with van der Waals surface area (Å²) in [5.74, 6) is 0. The molecule has 1 heterocycles. The van der Waals surface area contributed by atoms with Gasteiger partial charge in [0.2, 0.25) is 0 Å². The quantitative estimate of drug-likeness (QED) is 0.573.